The Labute approximate surface area is 219 Å². The van der Waals surface area contributed by atoms with Crippen molar-refractivity contribution in [2.75, 3.05) is 37.6 Å². The zero-order valence-electron chi connectivity index (χ0n) is 21.0. The third-order valence-electron chi connectivity index (χ3n) is 7.10. The average molecular weight is 520 g/mol. The quantitative estimate of drug-likeness (QED) is 0.395. The molecule has 0 saturated carbocycles. The smallest absolute Gasteiger partial charge is 0.374 e. The van der Waals surface area contributed by atoms with E-state index >= 15 is 0 Å². The topological polar surface area (TPSA) is 68.3 Å². The summed E-state index contributed by atoms with van der Waals surface area (Å²) in [5.41, 5.74) is -0.0601. The van der Waals surface area contributed by atoms with Crippen molar-refractivity contribution in [1.82, 2.24) is 14.7 Å². The fourth-order valence-corrected chi connectivity index (χ4v) is 5.08. The van der Waals surface area contributed by atoms with Gasteiger partial charge >= 0.3 is 6.18 Å². The summed E-state index contributed by atoms with van der Waals surface area (Å²) >= 11 is 0. The number of anilines is 1. The molecule has 1 atom stereocenters. The molecule has 3 aromatic carbocycles. The summed E-state index contributed by atoms with van der Waals surface area (Å²) in [7, 11) is 0. The van der Waals surface area contributed by atoms with Crippen LogP contribution >= 0.6 is 0 Å². The van der Waals surface area contributed by atoms with Gasteiger partial charge in [-0.15, -0.1) is 0 Å². The summed E-state index contributed by atoms with van der Waals surface area (Å²) in [6.45, 7) is 3.34. The maximum atomic E-state index is 14.7. The van der Waals surface area contributed by atoms with Crippen molar-refractivity contribution in [1.29, 1.82) is 5.26 Å². The van der Waals surface area contributed by atoms with Gasteiger partial charge in [-0.1, -0.05) is 48.0 Å². The molecule has 2 heterocycles. The Morgan fingerprint density at radius 3 is 2.34 bits per heavy atom. The van der Waals surface area contributed by atoms with Crippen LogP contribution in [0.3, 0.4) is 0 Å². The van der Waals surface area contributed by atoms with E-state index in [0.29, 0.717) is 37.3 Å². The Kier molecular flexibility index (Phi) is 6.86. The molecule has 38 heavy (non-hydrogen) atoms. The summed E-state index contributed by atoms with van der Waals surface area (Å²) in [6.07, 6.45) is -4.97. The van der Waals surface area contributed by atoms with Gasteiger partial charge in [0.25, 0.3) is 0 Å². The maximum absolute atomic E-state index is 14.7. The molecule has 1 unspecified atom stereocenters. The highest BCUT2D eigenvalue weighted by Crippen LogP contribution is 2.42. The molecule has 1 aliphatic heterocycles. The predicted molar refractivity (Wildman–Crippen MR) is 140 cm³/mol. The Hall–Kier alpha value is -3.87. The number of hydrogen-bond acceptors (Lipinski definition) is 5. The number of hydrogen-bond donors (Lipinski definition) is 1. The Bertz CT molecular complexity index is 1470. The first kappa shape index (κ1) is 25.8. The largest absolute Gasteiger partial charge is 0.424 e. The van der Waals surface area contributed by atoms with Crippen LogP contribution in [0.5, 0.6) is 0 Å². The van der Waals surface area contributed by atoms with Gasteiger partial charge in [0.05, 0.1) is 23.7 Å². The van der Waals surface area contributed by atoms with Gasteiger partial charge in [0, 0.05) is 43.8 Å². The van der Waals surface area contributed by atoms with Crippen LogP contribution in [0, 0.1) is 18.3 Å². The summed E-state index contributed by atoms with van der Waals surface area (Å²) in [5, 5.41) is 25.3. The minimum atomic E-state index is -4.97. The van der Waals surface area contributed by atoms with Crippen molar-refractivity contribution >= 4 is 16.6 Å². The zero-order valence-corrected chi connectivity index (χ0v) is 21.0. The van der Waals surface area contributed by atoms with Crippen molar-refractivity contribution in [3.8, 4) is 6.07 Å². The highest BCUT2D eigenvalue weighted by atomic mass is 19.4. The van der Waals surface area contributed by atoms with Crippen molar-refractivity contribution < 1.29 is 18.3 Å². The number of nitriles is 1. The van der Waals surface area contributed by atoms with E-state index in [1.807, 2.05) is 67.6 Å². The number of benzene rings is 3. The number of halogens is 3. The van der Waals surface area contributed by atoms with Crippen LogP contribution in [0.4, 0.5) is 18.9 Å². The minimum absolute atomic E-state index is 0.180. The van der Waals surface area contributed by atoms with Gasteiger partial charge in [0.1, 0.15) is 5.69 Å². The Morgan fingerprint density at radius 1 is 0.947 bits per heavy atom. The number of fused-ring (bicyclic) bond motifs is 1. The lowest BCUT2D eigenvalue weighted by Gasteiger charge is -2.40. The molecule has 1 aromatic heterocycles. The van der Waals surface area contributed by atoms with Crippen LogP contribution in [0.2, 0.25) is 0 Å². The molecule has 9 heteroatoms. The second kappa shape index (κ2) is 10.1. The molecule has 196 valence electrons. The molecule has 0 spiro atoms. The number of alkyl halides is 3. The van der Waals surface area contributed by atoms with E-state index in [4.69, 9.17) is 0 Å². The summed E-state index contributed by atoms with van der Waals surface area (Å²) < 4.78 is 45.4. The molecular formula is C29H28F3N5O. The second-order valence-corrected chi connectivity index (χ2v) is 9.80. The van der Waals surface area contributed by atoms with E-state index in [1.54, 1.807) is 4.90 Å². The van der Waals surface area contributed by atoms with E-state index in [-0.39, 0.29) is 11.9 Å². The molecule has 0 aliphatic carbocycles. The third-order valence-corrected chi connectivity index (χ3v) is 7.10. The first-order chi connectivity index (χ1) is 18.2. The molecule has 5 rings (SSSR count). The van der Waals surface area contributed by atoms with Crippen LogP contribution in [-0.4, -0.2) is 58.7 Å². The van der Waals surface area contributed by atoms with E-state index in [0.717, 1.165) is 16.8 Å². The monoisotopic (exact) mass is 519 g/mol. The number of β-amino-alcohol motifs (C(OH)–C–C–N with tert-alkyl or cyclic N) is 1. The molecule has 6 nitrogen and oxygen atoms in total. The number of aryl methyl sites for hydroxylation is 1. The molecule has 1 N–H and O–H groups in total. The van der Waals surface area contributed by atoms with E-state index in [2.05, 4.69) is 10.00 Å². The fourth-order valence-electron chi connectivity index (χ4n) is 5.08. The average Bonchev–Trinajstić information content (AvgIpc) is 3.27. The van der Waals surface area contributed by atoms with Crippen LogP contribution < -0.4 is 4.90 Å². The summed E-state index contributed by atoms with van der Waals surface area (Å²) in [4.78, 5) is 3.76. The maximum Gasteiger partial charge on any atom is 0.424 e. The number of aliphatic hydroxyl groups is 1. The molecule has 4 aromatic rings. The second-order valence-electron chi connectivity index (χ2n) is 9.80. The third kappa shape index (κ3) is 4.97. The van der Waals surface area contributed by atoms with Crippen LogP contribution in [-0.2, 0) is 12.1 Å². The zero-order chi connectivity index (χ0) is 26.9. The molecule has 1 saturated heterocycles. The molecule has 0 bridgehead atoms. The lowest BCUT2D eigenvalue weighted by atomic mass is 9.94. The predicted octanol–water partition coefficient (Wildman–Crippen LogP) is 4.84. The van der Waals surface area contributed by atoms with Gasteiger partial charge in [0.2, 0.25) is 5.60 Å². The summed E-state index contributed by atoms with van der Waals surface area (Å²) in [6, 6.07) is 23.8. The lowest BCUT2D eigenvalue weighted by Crippen LogP contribution is -2.56. The number of rotatable bonds is 6. The lowest BCUT2D eigenvalue weighted by molar-refractivity contribution is -0.273. The van der Waals surface area contributed by atoms with Gasteiger partial charge in [-0.3, -0.25) is 9.58 Å². The van der Waals surface area contributed by atoms with E-state index in [9.17, 15) is 23.5 Å². The molecule has 1 fully saturated rings. The van der Waals surface area contributed by atoms with Gasteiger partial charge in [-0.2, -0.15) is 23.5 Å². The van der Waals surface area contributed by atoms with Crippen molar-refractivity contribution in [3.63, 3.8) is 0 Å². The normalized spacial score (nSPS) is 16.4. The highest BCUT2D eigenvalue weighted by molar-refractivity contribution is 5.84. The van der Waals surface area contributed by atoms with Crippen molar-refractivity contribution in [3.05, 3.63) is 95.2 Å². The fraction of sp³-hybridized carbons (Fsp3) is 0.310. The number of aromatic nitrogens is 2. The first-order valence-corrected chi connectivity index (χ1v) is 12.5. The molecule has 1 aliphatic rings. The van der Waals surface area contributed by atoms with Gasteiger partial charge in [0.15, 0.2) is 0 Å². The molecule has 0 amide bonds. The number of para-hydroxylation sites is 1. The van der Waals surface area contributed by atoms with Gasteiger partial charge < -0.3 is 10.0 Å². The van der Waals surface area contributed by atoms with E-state index in [1.165, 1.54) is 22.9 Å². The standard InChI is InChI=1S/C29H28F3N5O/c1-21-6-5-7-23(16-21)19-37-26-17-22(18-33)10-11-25(26)27(34-37)28(38,29(30,31)32)20-35-12-14-36(15-13-35)24-8-3-2-4-9-24/h2-11,16-17,38H,12-15,19-20H2,1H3. The van der Waals surface area contributed by atoms with Gasteiger partial charge in [-0.05, 0) is 42.8 Å². The number of piperazine rings is 1. The molecule has 0 radical (unpaired) electrons. The Morgan fingerprint density at radius 2 is 1.68 bits per heavy atom. The summed E-state index contributed by atoms with van der Waals surface area (Å²) in [5.74, 6) is 0. The van der Waals surface area contributed by atoms with Crippen LogP contribution in [0.25, 0.3) is 10.9 Å². The van der Waals surface area contributed by atoms with Crippen LogP contribution in [0.1, 0.15) is 22.4 Å². The molecular weight excluding hydrogens is 491 g/mol. The van der Waals surface area contributed by atoms with E-state index < -0.39 is 24.0 Å². The SMILES string of the molecule is Cc1cccc(Cn2nc(C(O)(CN3CCN(c4ccccc4)CC3)C(F)(F)F)c3ccc(C#N)cc32)c1. The highest BCUT2D eigenvalue weighted by Gasteiger charge is 2.58. The van der Waals surface area contributed by atoms with Crippen molar-refractivity contribution in [2.24, 2.45) is 0 Å². The van der Waals surface area contributed by atoms with Gasteiger partial charge in [-0.25, -0.2) is 0 Å². The van der Waals surface area contributed by atoms with Crippen molar-refractivity contribution in [2.45, 2.75) is 25.2 Å². The van der Waals surface area contributed by atoms with Crippen LogP contribution in [0.15, 0.2) is 72.8 Å². The first-order valence-electron chi connectivity index (χ1n) is 12.5. The Balaban J connectivity index is 1.49. The minimum Gasteiger partial charge on any atom is -0.374 e. The number of nitrogens with zero attached hydrogens (tertiary/aromatic N) is 5.